The zero-order chi connectivity index (χ0) is 14.5. The van der Waals surface area contributed by atoms with Gasteiger partial charge < -0.3 is 14.5 Å². The molecule has 104 valence electrons. The number of aryl methyl sites for hydroxylation is 1. The average molecular weight is 274 g/mol. The molecule has 2 rings (SSSR count). The Bertz CT molecular complexity index is 607. The highest BCUT2D eigenvalue weighted by Crippen LogP contribution is 2.10. The van der Waals surface area contributed by atoms with Crippen LogP contribution < -0.4 is 0 Å². The molecule has 20 heavy (non-hydrogen) atoms. The Hall–Kier alpha value is -2.63. The summed E-state index contributed by atoms with van der Waals surface area (Å²) in [6.45, 7) is 1.49. The SMILES string of the molecule is Cc1cc(C(=O)N(CC(=O)O)Cc2ccccc2)no1. The number of benzene rings is 1. The van der Waals surface area contributed by atoms with Crippen LogP contribution >= 0.6 is 0 Å². The van der Waals surface area contributed by atoms with Gasteiger partial charge in [-0.25, -0.2) is 0 Å². The van der Waals surface area contributed by atoms with Crippen LogP contribution in [0.2, 0.25) is 0 Å². The van der Waals surface area contributed by atoms with Crippen LogP contribution in [0, 0.1) is 6.92 Å². The second-order valence-corrected chi connectivity index (χ2v) is 4.36. The van der Waals surface area contributed by atoms with Crippen LogP contribution in [0.5, 0.6) is 0 Å². The highest BCUT2D eigenvalue weighted by atomic mass is 16.5. The van der Waals surface area contributed by atoms with Crippen LogP contribution in [0.3, 0.4) is 0 Å². The fourth-order valence-corrected chi connectivity index (χ4v) is 1.80. The number of aliphatic carboxylic acids is 1. The molecule has 0 aliphatic heterocycles. The van der Waals surface area contributed by atoms with Gasteiger partial charge in [-0.3, -0.25) is 9.59 Å². The minimum absolute atomic E-state index is 0.111. The third-order valence-corrected chi connectivity index (χ3v) is 2.68. The summed E-state index contributed by atoms with van der Waals surface area (Å²) in [5, 5.41) is 12.6. The Labute approximate surface area is 115 Å². The first-order valence-corrected chi connectivity index (χ1v) is 6.04. The Kier molecular flexibility index (Phi) is 4.14. The van der Waals surface area contributed by atoms with Crippen LogP contribution in [0.25, 0.3) is 0 Å². The molecule has 1 N–H and O–H groups in total. The number of carboxylic acid groups (broad SMARTS) is 1. The summed E-state index contributed by atoms with van der Waals surface area (Å²) in [6, 6.07) is 10.7. The monoisotopic (exact) mass is 274 g/mol. The van der Waals surface area contributed by atoms with Gasteiger partial charge in [0.25, 0.3) is 5.91 Å². The number of amides is 1. The summed E-state index contributed by atoms with van der Waals surface area (Å²) in [7, 11) is 0. The molecule has 0 unspecified atom stereocenters. The lowest BCUT2D eigenvalue weighted by molar-refractivity contribution is -0.137. The van der Waals surface area contributed by atoms with E-state index in [-0.39, 0.29) is 18.8 Å². The molecule has 1 amide bonds. The summed E-state index contributed by atoms with van der Waals surface area (Å²) in [5.41, 5.74) is 0.960. The summed E-state index contributed by atoms with van der Waals surface area (Å²) < 4.78 is 4.85. The van der Waals surface area contributed by atoms with E-state index in [1.807, 2.05) is 30.3 Å². The van der Waals surface area contributed by atoms with Gasteiger partial charge in [0.15, 0.2) is 5.69 Å². The quantitative estimate of drug-likeness (QED) is 0.897. The molecule has 1 heterocycles. The maximum atomic E-state index is 12.2. The summed E-state index contributed by atoms with van der Waals surface area (Å²) in [6.07, 6.45) is 0. The van der Waals surface area contributed by atoms with E-state index < -0.39 is 11.9 Å². The zero-order valence-corrected chi connectivity index (χ0v) is 10.9. The van der Waals surface area contributed by atoms with Crippen molar-refractivity contribution in [1.82, 2.24) is 10.1 Å². The number of carboxylic acids is 1. The fraction of sp³-hybridized carbons (Fsp3) is 0.214. The maximum Gasteiger partial charge on any atom is 0.323 e. The van der Waals surface area contributed by atoms with Gasteiger partial charge in [-0.15, -0.1) is 0 Å². The Morgan fingerprint density at radius 1 is 1.30 bits per heavy atom. The molecule has 1 aromatic heterocycles. The molecule has 0 bridgehead atoms. The average Bonchev–Trinajstić information content (AvgIpc) is 2.84. The first-order chi connectivity index (χ1) is 9.56. The van der Waals surface area contributed by atoms with E-state index in [1.54, 1.807) is 6.92 Å². The Balaban J connectivity index is 2.19. The number of rotatable bonds is 5. The van der Waals surface area contributed by atoms with Gasteiger partial charge in [0.05, 0.1) is 0 Å². The topological polar surface area (TPSA) is 83.6 Å². The second kappa shape index (κ2) is 6.01. The van der Waals surface area contributed by atoms with Crippen molar-refractivity contribution in [1.29, 1.82) is 0 Å². The van der Waals surface area contributed by atoms with Crippen molar-refractivity contribution in [3.63, 3.8) is 0 Å². The van der Waals surface area contributed by atoms with Gasteiger partial charge in [0, 0.05) is 12.6 Å². The molecule has 6 heteroatoms. The summed E-state index contributed by atoms with van der Waals surface area (Å²) in [5.74, 6) is -1.04. The summed E-state index contributed by atoms with van der Waals surface area (Å²) >= 11 is 0. The van der Waals surface area contributed by atoms with E-state index >= 15 is 0 Å². The van der Waals surface area contributed by atoms with Gasteiger partial charge in [-0.2, -0.15) is 0 Å². The Morgan fingerprint density at radius 2 is 2.00 bits per heavy atom. The largest absolute Gasteiger partial charge is 0.480 e. The van der Waals surface area contributed by atoms with E-state index in [0.717, 1.165) is 5.56 Å². The highest BCUT2D eigenvalue weighted by molar-refractivity contribution is 5.94. The van der Waals surface area contributed by atoms with Crippen LogP contribution in [-0.2, 0) is 11.3 Å². The van der Waals surface area contributed by atoms with Gasteiger partial charge in [-0.1, -0.05) is 35.5 Å². The van der Waals surface area contributed by atoms with Crippen LogP contribution in [0.1, 0.15) is 21.8 Å². The van der Waals surface area contributed by atoms with Crippen molar-refractivity contribution in [2.24, 2.45) is 0 Å². The molecule has 1 aromatic carbocycles. The van der Waals surface area contributed by atoms with Crippen LogP contribution in [0.4, 0.5) is 0 Å². The smallest absolute Gasteiger partial charge is 0.323 e. The zero-order valence-electron chi connectivity index (χ0n) is 10.9. The lowest BCUT2D eigenvalue weighted by Gasteiger charge is -2.19. The molecular weight excluding hydrogens is 260 g/mol. The van der Waals surface area contributed by atoms with E-state index in [9.17, 15) is 9.59 Å². The van der Waals surface area contributed by atoms with Crippen LogP contribution in [0.15, 0.2) is 40.9 Å². The Morgan fingerprint density at radius 3 is 2.55 bits per heavy atom. The fourth-order valence-electron chi connectivity index (χ4n) is 1.80. The maximum absolute atomic E-state index is 12.2. The third-order valence-electron chi connectivity index (χ3n) is 2.68. The molecule has 0 saturated carbocycles. The lowest BCUT2D eigenvalue weighted by Crippen LogP contribution is -2.35. The van der Waals surface area contributed by atoms with E-state index in [4.69, 9.17) is 9.63 Å². The second-order valence-electron chi connectivity index (χ2n) is 4.36. The third kappa shape index (κ3) is 3.44. The van der Waals surface area contributed by atoms with Crippen molar-refractivity contribution in [3.05, 3.63) is 53.4 Å². The molecule has 0 spiro atoms. The van der Waals surface area contributed by atoms with Crippen molar-refractivity contribution in [3.8, 4) is 0 Å². The number of aromatic nitrogens is 1. The van der Waals surface area contributed by atoms with Crippen molar-refractivity contribution < 1.29 is 19.2 Å². The molecule has 2 aromatic rings. The molecule has 6 nitrogen and oxygen atoms in total. The molecule has 0 saturated heterocycles. The standard InChI is InChI=1S/C14H14N2O4/c1-10-7-12(15-20-10)14(19)16(9-13(17)18)8-11-5-3-2-4-6-11/h2-7H,8-9H2,1H3,(H,17,18). The molecule has 0 atom stereocenters. The number of nitrogens with zero attached hydrogens (tertiary/aromatic N) is 2. The van der Waals surface area contributed by atoms with Crippen LogP contribution in [-0.4, -0.2) is 33.6 Å². The van der Waals surface area contributed by atoms with E-state index in [1.165, 1.54) is 11.0 Å². The predicted octanol–water partition coefficient (Wildman–Crippen LogP) is 1.71. The van der Waals surface area contributed by atoms with Crippen molar-refractivity contribution in [2.75, 3.05) is 6.54 Å². The van der Waals surface area contributed by atoms with Gasteiger partial charge >= 0.3 is 5.97 Å². The molecule has 0 radical (unpaired) electrons. The van der Waals surface area contributed by atoms with Gasteiger partial charge in [0.1, 0.15) is 12.3 Å². The minimum Gasteiger partial charge on any atom is -0.480 e. The van der Waals surface area contributed by atoms with Gasteiger partial charge in [0.2, 0.25) is 0 Å². The minimum atomic E-state index is -1.07. The summed E-state index contributed by atoms with van der Waals surface area (Å²) in [4.78, 5) is 24.4. The molecule has 0 aliphatic carbocycles. The first-order valence-electron chi connectivity index (χ1n) is 6.04. The van der Waals surface area contributed by atoms with E-state index in [0.29, 0.717) is 5.76 Å². The highest BCUT2D eigenvalue weighted by Gasteiger charge is 2.21. The van der Waals surface area contributed by atoms with Crippen molar-refractivity contribution >= 4 is 11.9 Å². The number of hydrogen-bond donors (Lipinski definition) is 1. The van der Waals surface area contributed by atoms with Crippen molar-refractivity contribution in [2.45, 2.75) is 13.5 Å². The molecular formula is C14H14N2O4. The molecule has 0 fully saturated rings. The number of carbonyl (C=O) groups excluding carboxylic acids is 1. The number of carbonyl (C=O) groups is 2. The lowest BCUT2D eigenvalue weighted by atomic mass is 10.2. The first kappa shape index (κ1) is 13.8. The van der Waals surface area contributed by atoms with E-state index in [2.05, 4.69) is 5.16 Å². The predicted molar refractivity (Wildman–Crippen MR) is 70.1 cm³/mol. The number of hydrogen-bond acceptors (Lipinski definition) is 4. The normalized spacial score (nSPS) is 10.2. The molecule has 0 aliphatic rings. The van der Waals surface area contributed by atoms with Gasteiger partial charge in [-0.05, 0) is 12.5 Å².